The van der Waals surface area contributed by atoms with Crippen LogP contribution >= 0.6 is 23.2 Å². The van der Waals surface area contributed by atoms with E-state index in [1.165, 1.54) is 0 Å². The van der Waals surface area contributed by atoms with E-state index in [2.05, 4.69) is 34.3 Å². The Morgan fingerprint density at radius 3 is 1.44 bits per heavy atom. The molecule has 0 aliphatic carbocycles. The lowest BCUT2D eigenvalue weighted by Gasteiger charge is -2.17. The topological polar surface area (TPSA) is 81.6 Å². The maximum atomic E-state index is 12.8. The van der Waals surface area contributed by atoms with Gasteiger partial charge in [-0.05, 0) is 62.1 Å². The molecule has 34 heavy (non-hydrogen) atoms. The minimum absolute atomic E-state index is 0.442. The number of rotatable bonds is 6. The Morgan fingerprint density at radius 2 is 1.12 bits per heavy atom. The lowest BCUT2D eigenvalue weighted by atomic mass is 9.98. The molecule has 2 amide bonds. The van der Waals surface area contributed by atoms with Crippen LogP contribution in [0.2, 0.25) is 10.0 Å². The minimum atomic E-state index is -1.11. The number of halogens is 2. The molecule has 2 aromatic carbocycles. The smallest absolute Gasteiger partial charge is 0.323 e. The van der Waals surface area contributed by atoms with Gasteiger partial charge >= 0.3 is 6.03 Å². The number of anilines is 2. The Hall–Kier alpha value is -2.67. The predicted octanol–water partition coefficient (Wildman–Crippen LogP) is 6.44. The zero-order valence-corrected chi connectivity index (χ0v) is 21.4. The molecule has 0 atom stereocenters. The molecule has 0 unspecified atom stereocenters. The number of aliphatic hydroxyl groups is 2. The van der Waals surface area contributed by atoms with E-state index >= 15 is 0 Å². The van der Waals surface area contributed by atoms with Crippen molar-refractivity contribution < 1.29 is 15.0 Å². The van der Waals surface area contributed by atoms with E-state index in [4.69, 9.17) is 23.2 Å². The third-order valence-corrected chi connectivity index (χ3v) is 6.13. The molecule has 4 N–H and O–H groups in total. The molecule has 0 saturated heterocycles. The summed E-state index contributed by atoms with van der Waals surface area (Å²) in [6.07, 6.45) is 1.91. The third-order valence-electron chi connectivity index (χ3n) is 5.66. The van der Waals surface area contributed by atoms with E-state index in [0.717, 1.165) is 0 Å². The van der Waals surface area contributed by atoms with Crippen LogP contribution in [0.15, 0.2) is 36.4 Å². The number of hydrogen-bond acceptors (Lipinski definition) is 3. The second-order valence-electron chi connectivity index (χ2n) is 7.94. The standard InChI is InChI=1S/C27H30Cl2N2O3/c1-5-26(33,6-2)15-13-19-17-21(28)9-11-23(19)30-25(32)31-24-12-10-22(29)18-20(24)14-16-27(34,7-3)8-4/h9-12,17-18,33-34H,5-8H2,1-4H3,(H2,30,31,32). The molecular weight excluding hydrogens is 471 g/mol. The average Bonchev–Trinajstić information content (AvgIpc) is 2.83. The molecule has 180 valence electrons. The quantitative estimate of drug-likeness (QED) is 0.344. The molecule has 7 heteroatoms. The summed E-state index contributed by atoms with van der Waals surface area (Å²) in [5.41, 5.74) is -0.381. The second kappa shape index (κ2) is 12.2. The van der Waals surface area contributed by atoms with Gasteiger partial charge in [-0.3, -0.25) is 0 Å². The largest absolute Gasteiger partial charge is 0.378 e. The number of carbonyl (C=O) groups is 1. The van der Waals surface area contributed by atoms with Crippen molar-refractivity contribution >= 4 is 40.6 Å². The zero-order valence-electron chi connectivity index (χ0n) is 19.9. The molecule has 0 bridgehead atoms. The summed E-state index contributed by atoms with van der Waals surface area (Å²) in [6.45, 7) is 7.43. The van der Waals surface area contributed by atoms with Gasteiger partial charge in [-0.15, -0.1) is 0 Å². The molecule has 2 rings (SSSR count). The van der Waals surface area contributed by atoms with Crippen LogP contribution in [0, 0.1) is 23.7 Å². The van der Waals surface area contributed by atoms with Gasteiger partial charge in [0, 0.05) is 21.2 Å². The van der Waals surface area contributed by atoms with Gasteiger partial charge in [-0.25, -0.2) is 4.79 Å². The molecule has 0 aliphatic rings. The highest BCUT2D eigenvalue weighted by Crippen LogP contribution is 2.24. The van der Waals surface area contributed by atoms with E-state index in [1.54, 1.807) is 36.4 Å². The highest BCUT2D eigenvalue weighted by atomic mass is 35.5. The number of benzene rings is 2. The molecular formula is C27H30Cl2N2O3. The van der Waals surface area contributed by atoms with Gasteiger partial charge in [0.15, 0.2) is 0 Å². The first-order chi connectivity index (χ1) is 16.1. The van der Waals surface area contributed by atoms with Crippen molar-refractivity contribution in [2.75, 3.05) is 10.6 Å². The van der Waals surface area contributed by atoms with Crippen molar-refractivity contribution in [2.45, 2.75) is 64.6 Å². The number of carbonyl (C=O) groups excluding carboxylic acids is 1. The lowest BCUT2D eigenvalue weighted by molar-refractivity contribution is 0.0927. The normalized spacial score (nSPS) is 11.1. The Labute approximate surface area is 211 Å². The molecule has 0 saturated carbocycles. The van der Waals surface area contributed by atoms with Crippen LogP contribution in [0.4, 0.5) is 16.2 Å². The van der Waals surface area contributed by atoms with Crippen LogP contribution in [-0.4, -0.2) is 27.4 Å². The van der Waals surface area contributed by atoms with Crippen molar-refractivity contribution in [3.8, 4) is 23.7 Å². The van der Waals surface area contributed by atoms with E-state index in [1.807, 2.05) is 27.7 Å². The van der Waals surface area contributed by atoms with Crippen LogP contribution in [0.3, 0.4) is 0 Å². The Kier molecular flexibility index (Phi) is 9.86. The summed E-state index contributed by atoms with van der Waals surface area (Å²) in [6, 6.07) is 9.32. The zero-order chi connectivity index (χ0) is 25.4. The van der Waals surface area contributed by atoms with Gasteiger partial charge in [0.2, 0.25) is 0 Å². The summed E-state index contributed by atoms with van der Waals surface area (Å²) in [5, 5.41) is 27.4. The van der Waals surface area contributed by atoms with Crippen LogP contribution < -0.4 is 10.6 Å². The predicted molar refractivity (Wildman–Crippen MR) is 140 cm³/mol. The third kappa shape index (κ3) is 7.69. The van der Waals surface area contributed by atoms with Crippen LogP contribution in [-0.2, 0) is 0 Å². The Balaban J connectivity index is 2.32. The van der Waals surface area contributed by atoms with Gasteiger partial charge < -0.3 is 20.8 Å². The maximum absolute atomic E-state index is 12.8. The molecule has 2 aromatic rings. The fourth-order valence-electron chi connectivity index (χ4n) is 2.95. The molecule has 0 fully saturated rings. The first-order valence-corrected chi connectivity index (χ1v) is 12.0. The molecule has 0 aromatic heterocycles. The average molecular weight is 501 g/mol. The van der Waals surface area contributed by atoms with Crippen molar-refractivity contribution in [1.82, 2.24) is 0 Å². The highest BCUT2D eigenvalue weighted by Gasteiger charge is 2.19. The fraction of sp³-hybridized carbons (Fsp3) is 0.370. The summed E-state index contributed by atoms with van der Waals surface area (Å²) in [5.74, 6) is 11.6. The first-order valence-electron chi connectivity index (χ1n) is 11.2. The van der Waals surface area contributed by atoms with Crippen LogP contribution in [0.25, 0.3) is 0 Å². The van der Waals surface area contributed by atoms with Crippen molar-refractivity contribution in [3.63, 3.8) is 0 Å². The SMILES string of the molecule is CCC(O)(C#Cc1cc(Cl)ccc1NC(=O)Nc1ccc(Cl)cc1C#CC(O)(CC)CC)CC. The van der Waals surface area contributed by atoms with Gasteiger partial charge in [0.25, 0.3) is 0 Å². The Morgan fingerprint density at radius 1 is 0.765 bits per heavy atom. The number of hydrogen-bond donors (Lipinski definition) is 4. The van der Waals surface area contributed by atoms with Crippen LogP contribution in [0.1, 0.15) is 64.5 Å². The molecule has 0 aliphatic heterocycles. The molecule has 0 spiro atoms. The monoisotopic (exact) mass is 500 g/mol. The van der Waals surface area contributed by atoms with Gasteiger partial charge in [0.1, 0.15) is 11.2 Å². The Bertz CT molecular complexity index is 1060. The fourth-order valence-corrected chi connectivity index (χ4v) is 3.30. The highest BCUT2D eigenvalue weighted by molar-refractivity contribution is 6.31. The second-order valence-corrected chi connectivity index (χ2v) is 8.81. The molecule has 5 nitrogen and oxygen atoms in total. The van der Waals surface area contributed by atoms with Gasteiger partial charge in [-0.1, -0.05) is 74.6 Å². The van der Waals surface area contributed by atoms with Crippen molar-refractivity contribution in [1.29, 1.82) is 0 Å². The van der Waals surface area contributed by atoms with Crippen LogP contribution in [0.5, 0.6) is 0 Å². The van der Waals surface area contributed by atoms with Gasteiger partial charge in [-0.2, -0.15) is 0 Å². The molecule has 0 radical (unpaired) electrons. The van der Waals surface area contributed by atoms with E-state index in [9.17, 15) is 15.0 Å². The summed E-state index contributed by atoms with van der Waals surface area (Å²) >= 11 is 12.3. The number of urea groups is 1. The first kappa shape index (κ1) is 27.6. The lowest BCUT2D eigenvalue weighted by Crippen LogP contribution is -2.24. The summed E-state index contributed by atoms with van der Waals surface area (Å²) in [4.78, 5) is 12.8. The maximum Gasteiger partial charge on any atom is 0.323 e. The summed E-state index contributed by atoms with van der Waals surface area (Å²) < 4.78 is 0. The van der Waals surface area contributed by atoms with E-state index < -0.39 is 17.2 Å². The van der Waals surface area contributed by atoms with E-state index in [0.29, 0.717) is 58.2 Å². The van der Waals surface area contributed by atoms with E-state index in [-0.39, 0.29) is 0 Å². The van der Waals surface area contributed by atoms with Crippen molar-refractivity contribution in [3.05, 3.63) is 57.6 Å². The van der Waals surface area contributed by atoms with Gasteiger partial charge in [0.05, 0.1) is 11.4 Å². The number of amides is 2. The number of nitrogens with one attached hydrogen (secondary N) is 2. The minimum Gasteiger partial charge on any atom is -0.378 e. The summed E-state index contributed by atoms with van der Waals surface area (Å²) in [7, 11) is 0. The van der Waals surface area contributed by atoms with Crippen molar-refractivity contribution in [2.24, 2.45) is 0 Å². The molecule has 0 heterocycles.